The fourth-order valence-corrected chi connectivity index (χ4v) is 2.94. The van der Waals surface area contributed by atoms with Crippen LogP contribution in [0.15, 0.2) is 42.5 Å². The summed E-state index contributed by atoms with van der Waals surface area (Å²) in [6.45, 7) is 2.65. The van der Waals surface area contributed by atoms with Gasteiger partial charge >= 0.3 is 0 Å². The molecule has 24 heavy (non-hydrogen) atoms. The highest BCUT2D eigenvalue weighted by atomic mass is 16.5. The van der Waals surface area contributed by atoms with Gasteiger partial charge in [0.2, 0.25) is 0 Å². The summed E-state index contributed by atoms with van der Waals surface area (Å²) in [6, 6.07) is 13.6. The zero-order valence-electron chi connectivity index (χ0n) is 14.4. The topological polar surface area (TPSA) is 47.6 Å². The van der Waals surface area contributed by atoms with Crippen molar-refractivity contribution in [2.45, 2.75) is 25.2 Å². The average molecular weight is 325 g/mol. The second-order valence-electron chi connectivity index (χ2n) is 6.40. The molecule has 2 aromatic carbocycles. The minimum Gasteiger partial charge on any atom is -0.493 e. The van der Waals surface area contributed by atoms with Gasteiger partial charge in [0.05, 0.1) is 14.2 Å². The number of hydrogen-bond acceptors (Lipinski definition) is 3. The van der Waals surface area contributed by atoms with E-state index >= 15 is 0 Å². The maximum atomic E-state index is 12.3. The fourth-order valence-electron chi connectivity index (χ4n) is 2.94. The smallest absolute Gasteiger partial charge is 0.251 e. The van der Waals surface area contributed by atoms with Crippen LogP contribution in [-0.2, 0) is 5.41 Å². The van der Waals surface area contributed by atoms with Gasteiger partial charge in [-0.05, 0) is 49.6 Å². The van der Waals surface area contributed by atoms with Crippen LogP contribution in [0.2, 0.25) is 0 Å². The molecule has 0 atom stereocenters. The van der Waals surface area contributed by atoms with Crippen LogP contribution in [0.25, 0.3) is 0 Å². The highest BCUT2D eigenvalue weighted by molar-refractivity contribution is 5.94. The van der Waals surface area contributed by atoms with Crippen LogP contribution in [0.4, 0.5) is 0 Å². The molecule has 0 bridgehead atoms. The predicted octanol–water partition coefficient (Wildman–Crippen LogP) is 3.47. The molecule has 0 radical (unpaired) electrons. The number of nitrogens with one attached hydrogen (secondary N) is 1. The van der Waals surface area contributed by atoms with E-state index in [-0.39, 0.29) is 11.3 Å². The number of ether oxygens (including phenoxy) is 2. The Labute approximate surface area is 142 Å². The Bertz CT molecular complexity index is 733. The Balaban J connectivity index is 1.71. The maximum Gasteiger partial charge on any atom is 0.251 e. The number of hydrogen-bond donors (Lipinski definition) is 1. The molecule has 0 unspecified atom stereocenters. The third-order valence-corrected chi connectivity index (χ3v) is 4.75. The van der Waals surface area contributed by atoms with E-state index in [1.54, 1.807) is 14.2 Å². The SMILES string of the molecule is COc1ccc(C2(CNC(=O)c3ccc(C)cc3)CC2)cc1OC. The van der Waals surface area contributed by atoms with E-state index in [4.69, 9.17) is 9.47 Å². The first kappa shape index (κ1) is 16.4. The first-order chi connectivity index (χ1) is 11.6. The van der Waals surface area contributed by atoms with E-state index in [2.05, 4.69) is 11.4 Å². The van der Waals surface area contributed by atoms with Crippen molar-refractivity contribution in [1.29, 1.82) is 0 Å². The standard InChI is InChI=1S/C20H23NO3/c1-14-4-6-15(7-5-14)19(22)21-13-20(10-11-20)16-8-9-17(23-2)18(12-16)24-3/h4-9,12H,10-11,13H2,1-3H3,(H,21,22). The highest BCUT2D eigenvalue weighted by Crippen LogP contribution is 2.49. The van der Waals surface area contributed by atoms with Crippen LogP contribution in [0.5, 0.6) is 11.5 Å². The lowest BCUT2D eigenvalue weighted by Gasteiger charge is -2.18. The molecule has 3 rings (SSSR count). The van der Waals surface area contributed by atoms with Crippen molar-refractivity contribution in [3.63, 3.8) is 0 Å². The van der Waals surface area contributed by atoms with E-state index in [1.165, 1.54) is 5.56 Å². The second kappa shape index (κ2) is 6.56. The van der Waals surface area contributed by atoms with Crippen molar-refractivity contribution in [2.24, 2.45) is 0 Å². The lowest BCUT2D eigenvalue weighted by Crippen LogP contribution is -2.32. The van der Waals surface area contributed by atoms with Crippen LogP contribution in [-0.4, -0.2) is 26.7 Å². The Kier molecular flexibility index (Phi) is 4.47. The van der Waals surface area contributed by atoms with Crippen molar-refractivity contribution >= 4 is 5.91 Å². The molecule has 0 aliphatic heterocycles. The Hall–Kier alpha value is -2.49. The van der Waals surface area contributed by atoms with E-state index in [1.807, 2.05) is 43.3 Å². The molecule has 1 N–H and O–H groups in total. The monoisotopic (exact) mass is 325 g/mol. The van der Waals surface area contributed by atoms with Crippen LogP contribution >= 0.6 is 0 Å². The lowest BCUT2D eigenvalue weighted by molar-refractivity contribution is 0.0949. The molecule has 1 amide bonds. The normalized spacial score (nSPS) is 14.8. The lowest BCUT2D eigenvalue weighted by atomic mass is 9.95. The summed E-state index contributed by atoms with van der Waals surface area (Å²) in [6.07, 6.45) is 2.13. The summed E-state index contributed by atoms with van der Waals surface area (Å²) < 4.78 is 10.7. The Morgan fingerprint density at radius 3 is 2.29 bits per heavy atom. The quantitative estimate of drug-likeness (QED) is 0.884. The number of carbonyl (C=O) groups is 1. The van der Waals surface area contributed by atoms with Gasteiger partial charge < -0.3 is 14.8 Å². The van der Waals surface area contributed by atoms with Gasteiger partial charge in [0.15, 0.2) is 11.5 Å². The third-order valence-electron chi connectivity index (χ3n) is 4.75. The Morgan fingerprint density at radius 2 is 1.71 bits per heavy atom. The zero-order valence-corrected chi connectivity index (χ0v) is 14.4. The number of amides is 1. The van der Waals surface area contributed by atoms with E-state index in [9.17, 15) is 4.79 Å². The van der Waals surface area contributed by atoms with E-state index < -0.39 is 0 Å². The van der Waals surface area contributed by atoms with Gasteiger partial charge in [-0.25, -0.2) is 0 Å². The molecule has 0 aromatic heterocycles. The zero-order chi connectivity index (χ0) is 17.2. The van der Waals surface area contributed by atoms with E-state index in [0.717, 1.165) is 29.9 Å². The van der Waals surface area contributed by atoms with Gasteiger partial charge in [-0.3, -0.25) is 4.79 Å². The molecule has 1 saturated carbocycles. The molecule has 0 spiro atoms. The second-order valence-corrected chi connectivity index (χ2v) is 6.40. The first-order valence-electron chi connectivity index (χ1n) is 8.15. The molecule has 4 nitrogen and oxygen atoms in total. The largest absolute Gasteiger partial charge is 0.493 e. The maximum absolute atomic E-state index is 12.3. The van der Waals surface area contributed by atoms with Gasteiger partial charge in [-0.15, -0.1) is 0 Å². The number of rotatable bonds is 6. The van der Waals surface area contributed by atoms with Crippen molar-refractivity contribution in [1.82, 2.24) is 5.32 Å². The van der Waals surface area contributed by atoms with Gasteiger partial charge in [0.25, 0.3) is 5.91 Å². The molecule has 1 fully saturated rings. The van der Waals surface area contributed by atoms with Crippen molar-refractivity contribution in [2.75, 3.05) is 20.8 Å². The van der Waals surface area contributed by atoms with Crippen LogP contribution < -0.4 is 14.8 Å². The Morgan fingerprint density at radius 1 is 1.04 bits per heavy atom. The summed E-state index contributed by atoms with van der Waals surface area (Å²) >= 11 is 0. The van der Waals surface area contributed by atoms with Gasteiger partial charge in [0.1, 0.15) is 0 Å². The summed E-state index contributed by atoms with van der Waals surface area (Å²) in [7, 11) is 3.27. The average Bonchev–Trinajstić information content (AvgIpc) is 3.41. The number of carbonyl (C=O) groups excluding carboxylic acids is 1. The van der Waals surface area contributed by atoms with Crippen molar-refractivity contribution in [3.8, 4) is 11.5 Å². The van der Waals surface area contributed by atoms with Crippen LogP contribution in [0.3, 0.4) is 0 Å². The summed E-state index contributed by atoms with van der Waals surface area (Å²) in [5.74, 6) is 1.42. The minimum absolute atomic E-state index is 0.0138. The van der Waals surface area contributed by atoms with Gasteiger partial charge in [-0.1, -0.05) is 23.8 Å². The van der Waals surface area contributed by atoms with Crippen LogP contribution in [0.1, 0.15) is 34.3 Å². The van der Waals surface area contributed by atoms with Gasteiger partial charge in [-0.2, -0.15) is 0 Å². The van der Waals surface area contributed by atoms with Crippen LogP contribution in [0, 0.1) is 6.92 Å². The van der Waals surface area contributed by atoms with Gasteiger partial charge in [0, 0.05) is 17.5 Å². The fraction of sp³-hybridized carbons (Fsp3) is 0.350. The predicted molar refractivity (Wildman–Crippen MR) is 94.0 cm³/mol. The summed E-state index contributed by atoms with van der Waals surface area (Å²) in [5.41, 5.74) is 3.04. The molecule has 2 aromatic rings. The highest BCUT2D eigenvalue weighted by Gasteiger charge is 2.44. The number of methoxy groups -OCH3 is 2. The molecule has 126 valence electrons. The molecule has 4 heteroatoms. The first-order valence-corrected chi connectivity index (χ1v) is 8.15. The number of aryl methyl sites for hydroxylation is 1. The molecular formula is C20H23NO3. The molecule has 0 saturated heterocycles. The number of benzene rings is 2. The van der Waals surface area contributed by atoms with Crippen molar-refractivity contribution < 1.29 is 14.3 Å². The molecular weight excluding hydrogens is 302 g/mol. The summed E-state index contributed by atoms with van der Waals surface area (Å²) in [4.78, 5) is 12.3. The molecule has 1 aliphatic rings. The molecule has 1 aliphatic carbocycles. The van der Waals surface area contributed by atoms with Crippen molar-refractivity contribution in [3.05, 3.63) is 59.2 Å². The summed E-state index contributed by atoms with van der Waals surface area (Å²) in [5, 5.41) is 3.07. The minimum atomic E-state index is -0.0262. The molecule has 0 heterocycles. The third kappa shape index (κ3) is 3.23. The van der Waals surface area contributed by atoms with E-state index in [0.29, 0.717) is 12.1 Å².